The highest BCUT2D eigenvalue weighted by Gasteiger charge is 2.11. The Morgan fingerprint density at radius 3 is 2.50 bits per heavy atom. The standard InChI is InChI=1S/C13H28N2O/c1-4-6-15(8-9-16)7-5-13(11-14)10-12(2)3/h4,12-13,16H,1,5-11,14H2,2-3H3. The third-order valence-electron chi connectivity index (χ3n) is 2.80. The van der Waals surface area contributed by atoms with Gasteiger partial charge in [-0.3, -0.25) is 4.90 Å². The Balaban J connectivity index is 3.89. The van der Waals surface area contributed by atoms with Crippen LogP contribution in [0.2, 0.25) is 0 Å². The fourth-order valence-electron chi connectivity index (χ4n) is 1.98. The van der Waals surface area contributed by atoms with Crippen LogP contribution in [0.3, 0.4) is 0 Å². The van der Waals surface area contributed by atoms with Crippen LogP contribution in [0.5, 0.6) is 0 Å². The van der Waals surface area contributed by atoms with Gasteiger partial charge in [0.2, 0.25) is 0 Å². The first-order chi connectivity index (χ1) is 7.63. The van der Waals surface area contributed by atoms with E-state index in [1.807, 2.05) is 6.08 Å². The Bertz CT molecular complexity index is 171. The van der Waals surface area contributed by atoms with E-state index in [4.69, 9.17) is 10.8 Å². The van der Waals surface area contributed by atoms with Crippen LogP contribution >= 0.6 is 0 Å². The molecule has 0 amide bonds. The number of rotatable bonds is 10. The number of aliphatic hydroxyl groups excluding tert-OH is 1. The van der Waals surface area contributed by atoms with Crippen LogP contribution in [-0.4, -0.2) is 42.8 Å². The van der Waals surface area contributed by atoms with Gasteiger partial charge in [0.15, 0.2) is 0 Å². The van der Waals surface area contributed by atoms with Gasteiger partial charge >= 0.3 is 0 Å². The molecule has 0 saturated carbocycles. The highest BCUT2D eigenvalue weighted by molar-refractivity contribution is 4.74. The van der Waals surface area contributed by atoms with Crippen LogP contribution in [0, 0.1) is 11.8 Å². The van der Waals surface area contributed by atoms with E-state index in [0.717, 1.165) is 32.6 Å². The minimum Gasteiger partial charge on any atom is -0.395 e. The molecule has 0 rings (SSSR count). The maximum absolute atomic E-state index is 8.93. The van der Waals surface area contributed by atoms with E-state index in [-0.39, 0.29) is 6.61 Å². The summed E-state index contributed by atoms with van der Waals surface area (Å²) in [5.74, 6) is 1.31. The normalized spacial score (nSPS) is 13.4. The number of aliphatic hydroxyl groups is 1. The zero-order valence-corrected chi connectivity index (χ0v) is 10.9. The number of hydrogen-bond acceptors (Lipinski definition) is 3. The van der Waals surface area contributed by atoms with Crippen molar-refractivity contribution in [1.29, 1.82) is 0 Å². The van der Waals surface area contributed by atoms with Gasteiger partial charge in [-0.2, -0.15) is 0 Å². The molecule has 1 unspecified atom stereocenters. The summed E-state index contributed by atoms with van der Waals surface area (Å²) in [7, 11) is 0. The van der Waals surface area contributed by atoms with Gasteiger partial charge in [-0.05, 0) is 37.8 Å². The third kappa shape index (κ3) is 7.85. The van der Waals surface area contributed by atoms with E-state index in [0.29, 0.717) is 11.8 Å². The minimum atomic E-state index is 0.214. The molecule has 0 aromatic heterocycles. The largest absolute Gasteiger partial charge is 0.395 e. The van der Waals surface area contributed by atoms with E-state index in [9.17, 15) is 0 Å². The molecule has 0 heterocycles. The molecule has 96 valence electrons. The summed E-state index contributed by atoms with van der Waals surface area (Å²) in [6.07, 6.45) is 4.19. The summed E-state index contributed by atoms with van der Waals surface area (Å²) in [6, 6.07) is 0. The lowest BCUT2D eigenvalue weighted by Gasteiger charge is -2.23. The molecule has 0 aromatic rings. The van der Waals surface area contributed by atoms with E-state index in [1.54, 1.807) is 0 Å². The second-order valence-electron chi connectivity index (χ2n) is 4.83. The SMILES string of the molecule is C=CCN(CCO)CCC(CN)CC(C)C. The fraction of sp³-hybridized carbons (Fsp3) is 0.846. The second-order valence-corrected chi connectivity index (χ2v) is 4.83. The summed E-state index contributed by atoms with van der Waals surface area (Å²) in [5, 5.41) is 8.93. The lowest BCUT2D eigenvalue weighted by Crippen LogP contribution is -2.31. The molecule has 16 heavy (non-hydrogen) atoms. The topological polar surface area (TPSA) is 49.5 Å². The number of nitrogens with two attached hydrogens (primary N) is 1. The summed E-state index contributed by atoms with van der Waals surface area (Å²) < 4.78 is 0. The Hall–Kier alpha value is -0.380. The molecule has 0 aliphatic carbocycles. The molecular formula is C13H28N2O. The van der Waals surface area contributed by atoms with E-state index >= 15 is 0 Å². The average molecular weight is 228 g/mol. The lowest BCUT2D eigenvalue weighted by molar-refractivity contribution is 0.196. The smallest absolute Gasteiger partial charge is 0.0558 e. The van der Waals surface area contributed by atoms with Crippen LogP contribution < -0.4 is 5.73 Å². The summed E-state index contributed by atoms with van der Waals surface area (Å²) >= 11 is 0. The van der Waals surface area contributed by atoms with E-state index < -0.39 is 0 Å². The second kappa shape index (κ2) is 9.82. The van der Waals surface area contributed by atoms with Gasteiger partial charge in [-0.1, -0.05) is 19.9 Å². The molecule has 3 N–H and O–H groups in total. The Morgan fingerprint density at radius 1 is 1.38 bits per heavy atom. The first-order valence-electron chi connectivity index (χ1n) is 6.28. The number of hydrogen-bond donors (Lipinski definition) is 2. The Labute approximate surface area is 100 Å². The van der Waals surface area contributed by atoms with Crippen molar-refractivity contribution in [3.05, 3.63) is 12.7 Å². The summed E-state index contributed by atoms with van der Waals surface area (Å²) in [6.45, 7) is 11.8. The van der Waals surface area contributed by atoms with Crippen molar-refractivity contribution in [2.24, 2.45) is 17.6 Å². The van der Waals surface area contributed by atoms with Crippen LogP contribution in [0.25, 0.3) is 0 Å². The number of nitrogens with zero attached hydrogens (tertiary/aromatic N) is 1. The molecule has 0 aromatic carbocycles. The maximum atomic E-state index is 8.93. The molecule has 0 radical (unpaired) electrons. The van der Waals surface area contributed by atoms with Crippen LogP contribution in [0.15, 0.2) is 12.7 Å². The van der Waals surface area contributed by atoms with Gasteiger partial charge in [-0.15, -0.1) is 6.58 Å². The molecule has 3 nitrogen and oxygen atoms in total. The van der Waals surface area contributed by atoms with Gasteiger partial charge in [-0.25, -0.2) is 0 Å². The highest BCUT2D eigenvalue weighted by Crippen LogP contribution is 2.14. The van der Waals surface area contributed by atoms with Gasteiger partial charge in [0.05, 0.1) is 6.61 Å². The molecule has 3 heteroatoms. The zero-order chi connectivity index (χ0) is 12.4. The summed E-state index contributed by atoms with van der Waals surface area (Å²) in [4.78, 5) is 2.22. The maximum Gasteiger partial charge on any atom is 0.0558 e. The Morgan fingerprint density at radius 2 is 2.06 bits per heavy atom. The molecular weight excluding hydrogens is 200 g/mol. The van der Waals surface area contributed by atoms with E-state index in [1.165, 1.54) is 6.42 Å². The molecule has 0 spiro atoms. The van der Waals surface area contributed by atoms with E-state index in [2.05, 4.69) is 25.3 Å². The average Bonchev–Trinajstić information content (AvgIpc) is 2.24. The predicted octanol–water partition coefficient (Wildman–Crippen LogP) is 1.48. The van der Waals surface area contributed by atoms with Crippen molar-refractivity contribution in [2.75, 3.05) is 32.8 Å². The minimum absolute atomic E-state index is 0.214. The highest BCUT2D eigenvalue weighted by atomic mass is 16.3. The van der Waals surface area contributed by atoms with Crippen LogP contribution in [0.4, 0.5) is 0 Å². The monoisotopic (exact) mass is 228 g/mol. The van der Waals surface area contributed by atoms with Crippen LogP contribution in [-0.2, 0) is 0 Å². The fourth-order valence-corrected chi connectivity index (χ4v) is 1.98. The first kappa shape index (κ1) is 15.6. The molecule has 0 saturated heterocycles. The molecule has 0 aliphatic rings. The van der Waals surface area contributed by atoms with Gasteiger partial charge in [0.1, 0.15) is 0 Å². The van der Waals surface area contributed by atoms with Gasteiger partial charge in [0, 0.05) is 13.1 Å². The Kier molecular flexibility index (Phi) is 9.59. The molecule has 1 atom stereocenters. The molecule has 0 fully saturated rings. The van der Waals surface area contributed by atoms with Crippen molar-refractivity contribution < 1.29 is 5.11 Å². The third-order valence-corrected chi connectivity index (χ3v) is 2.80. The zero-order valence-electron chi connectivity index (χ0n) is 10.9. The molecule has 0 aliphatic heterocycles. The van der Waals surface area contributed by atoms with Crippen molar-refractivity contribution in [2.45, 2.75) is 26.7 Å². The quantitative estimate of drug-likeness (QED) is 0.557. The van der Waals surface area contributed by atoms with Gasteiger partial charge in [0.25, 0.3) is 0 Å². The van der Waals surface area contributed by atoms with Crippen LogP contribution in [0.1, 0.15) is 26.7 Å². The van der Waals surface area contributed by atoms with Crippen molar-refractivity contribution in [3.63, 3.8) is 0 Å². The lowest BCUT2D eigenvalue weighted by atomic mass is 9.94. The first-order valence-corrected chi connectivity index (χ1v) is 6.28. The van der Waals surface area contributed by atoms with Gasteiger partial charge < -0.3 is 10.8 Å². The van der Waals surface area contributed by atoms with Crippen molar-refractivity contribution >= 4 is 0 Å². The van der Waals surface area contributed by atoms with Crippen molar-refractivity contribution in [1.82, 2.24) is 4.90 Å². The van der Waals surface area contributed by atoms with Crippen molar-refractivity contribution in [3.8, 4) is 0 Å². The predicted molar refractivity (Wildman–Crippen MR) is 70.3 cm³/mol. The summed E-state index contributed by atoms with van der Waals surface area (Å²) in [5.41, 5.74) is 5.77. The molecule has 0 bridgehead atoms.